The van der Waals surface area contributed by atoms with Gasteiger partial charge in [-0.05, 0) is 54.3 Å². The van der Waals surface area contributed by atoms with E-state index in [1.807, 2.05) is 12.4 Å². The molecule has 1 unspecified atom stereocenters. The molecule has 2 aromatic carbocycles. The maximum absolute atomic E-state index is 13.6. The molecule has 3 amide bonds. The number of methoxy groups -OCH3 is 1. The first-order chi connectivity index (χ1) is 20.1. The van der Waals surface area contributed by atoms with E-state index in [1.165, 1.54) is 25.3 Å². The molecule has 1 heterocycles. The van der Waals surface area contributed by atoms with E-state index < -0.39 is 42.3 Å². The van der Waals surface area contributed by atoms with Crippen LogP contribution in [0.15, 0.2) is 41.4 Å². The Bertz CT molecular complexity index is 1350. The van der Waals surface area contributed by atoms with Gasteiger partial charge in [0.2, 0.25) is 5.91 Å². The van der Waals surface area contributed by atoms with Gasteiger partial charge in [0.05, 0.1) is 37.7 Å². The van der Waals surface area contributed by atoms with Crippen LogP contribution in [0.1, 0.15) is 70.5 Å². The standard InChI is InChI=1S/C29H34ClN4O8/c1-3-5-23(17-7-9-21(28(38)39)22(14-17)24(36)6-4-11-35)32-29(40)34-16-26(33-41)31-15-19(27(34)37)12-18-13-20(30)8-10-25(18)42-2/h7-10,13-14,19,23,41H,3-6,11-12,15-16H2,1-2H3,(H,31,33)(H,32,40)(H,38,39)/q-1/t19?,23-/m1/s1. The lowest BCUT2D eigenvalue weighted by Crippen LogP contribution is -2.50. The molecule has 0 aliphatic carbocycles. The minimum absolute atomic E-state index is 0.00888. The number of hydrogen-bond donors (Lipinski definition) is 4. The third kappa shape index (κ3) is 8.05. The van der Waals surface area contributed by atoms with Crippen molar-refractivity contribution in [2.45, 2.75) is 45.1 Å². The predicted molar refractivity (Wildman–Crippen MR) is 152 cm³/mol. The van der Waals surface area contributed by atoms with Crippen molar-refractivity contribution in [1.82, 2.24) is 15.7 Å². The molecule has 4 N–H and O–H groups in total. The number of amidine groups is 1. The van der Waals surface area contributed by atoms with Crippen molar-refractivity contribution in [2.24, 2.45) is 10.9 Å². The minimum atomic E-state index is -1.29. The molecule has 0 saturated carbocycles. The van der Waals surface area contributed by atoms with Gasteiger partial charge in [0.25, 0.3) is 0 Å². The summed E-state index contributed by atoms with van der Waals surface area (Å²) < 4.78 is 5.40. The molecule has 1 aliphatic rings. The molecule has 0 radical (unpaired) electrons. The van der Waals surface area contributed by atoms with Crippen LogP contribution in [-0.2, 0) is 11.2 Å². The van der Waals surface area contributed by atoms with Gasteiger partial charge in [0, 0.05) is 17.0 Å². The molecule has 0 spiro atoms. The number of carboxylic acids is 1. The average molecular weight is 602 g/mol. The zero-order chi connectivity index (χ0) is 30.8. The number of carbonyl (C=O) groups excluding carboxylic acids is 3. The smallest absolute Gasteiger partial charge is 0.336 e. The second kappa shape index (κ2) is 15.3. The minimum Gasteiger partial charge on any atom is -0.854 e. The molecule has 3 rings (SSSR count). The van der Waals surface area contributed by atoms with Gasteiger partial charge in [0.15, 0.2) is 5.78 Å². The lowest BCUT2D eigenvalue weighted by molar-refractivity contribution is -0.368. The van der Waals surface area contributed by atoms with Gasteiger partial charge in [0.1, 0.15) is 11.6 Å². The number of urea groups is 1. The first-order valence-corrected chi connectivity index (χ1v) is 13.9. The Kier molecular flexibility index (Phi) is 11.8. The van der Waals surface area contributed by atoms with Crippen molar-refractivity contribution in [1.29, 1.82) is 0 Å². The molecule has 0 fully saturated rings. The molecule has 0 bridgehead atoms. The highest BCUT2D eigenvalue weighted by atomic mass is 35.5. The number of nitrogens with zero attached hydrogens (tertiary/aromatic N) is 2. The number of carbonyl (C=O) groups is 4. The quantitative estimate of drug-likeness (QED) is 0.210. The van der Waals surface area contributed by atoms with E-state index in [4.69, 9.17) is 16.3 Å². The van der Waals surface area contributed by atoms with Gasteiger partial charge in [-0.2, -0.15) is 0 Å². The number of Topliss-reactive ketones (excluding diaryl/α,β-unsaturated/α-hetero) is 1. The van der Waals surface area contributed by atoms with E-state index in [-0.39, 0.29) is 49.3 Å². The first-order valence-electron chi connectivity index (χ1n) is 13.5. The van der Waals surface area contributed by atoms with Crippen LogP contribution < -0.4 is 20.6 Å². The largest absolute Gasteiger partial charge is 0.854 e. The Balaban J connectivity index is 1.91. The summed E-state index contributed by atoms with van der Waals surface area (Å²) in [5.74, 6) is -2.55. The van der Waals surface area contributed by atoms with Crippen LogP contribution in [0.5, 0.6) is 5.75 Å². The number of benzene rings is 2. The number of ether oxygens (including phenoxy) is 1. The number of hydrogen-bond acceptors (Lipinski definition) is 9. The number of nitrogens with one attached hydrogen (secondary N) is 2. The monoisotopic (exact) mass is 601 g/mol. The fourth-order valence-corrected chi connectivity index (χ4v) is 4.96. The van der Waals surface area contributed by atoms with E-state index in [0.717, 1.165) is 4.90 Å². The molecule has 12 nitrogen and oxygen atoms in total. The zero-order valence-corrected chi connectivity index (χ0v) is 24.1. The molecule has 226 valence electrons. The van der Waals surface area contributed by atoms with Crippen molar-refractivity contribution in [3.05, 3.63) is 63.7 Å². The van der Waals surface area contributed by atoms with Crippen LogP contribution in [0.2, 0.25) is 5.02 Å². The Morgan fingerprint density at radius 2 is 1.98 bits per heavy atom. The van der Waals surface area contributed by atoms with Crippen molar-refractivity contribution in [3.8, 4) is 5.75 Å². The van der Waals surface area contributed by atoms with Crippen LogP contribution in [0.25, 0.3) is 0 Å². The number of imide groups is 1. The van der Waals surface area contributed by atoms with Crippen molar-refractivity contribution < 1.29 is 39.3 Å². The summed E-state index contributed by atoms with van der Waals surface area (Å²) in [6.07, 6.45) is 1.16. The van der Waals surface area contributed by atoms with E-state index >= 15 is 0 Å². The highest BCUT2D eigenvalue weighted by Crippen LogP contribution is 2.28. The van der Waals surface area contributed by atoms with Crippen LogP contribution in [0.4, 0.5) is 4.79 Å². The summed E-state index contributed by atoms with van der Waals surface area (Å²) in [4.78, 5) is 56.9. The van der Waals surface area contributed by atoms with Gasteiger partial charge in [-0.15, -0.1) is 6.61 Å². The van der Waals surface area contributed by atoms with Crippen molar-refractivity contribution in [3.63, 3.8) is 0 Å². The fraction of sp³-hybridized carbons (Fsp3) is 0.414. The molecular weight excluding hydrogens is 568 g/mol. The SMILES string of the molecule is CCC[C@@H](NC(=O)N1CC(NO)=NCC(Cc2cc(Cl)ccc2OC)C1=O)c1ccc(C(=O)O)c(C(=O)CCC[O-])c1. The first kappa shape index (κ1) is 32.5. The highest BCUT2D eigenvalue weighted by molar-refractivity contribution is 6.30. The van der Waals surface area contributed by atoms with Gasteiger partial charge < -0.3 is 20.3 Å². The number of carboxylic acid groups (broad SMARTS) is 1. The summed E-state index contributed by atoms with van der Waals surface area (Å²) in [6.45, 7) is 1.09. The summed E-state index contributed by atoms with van der Waals surface area (Å²) in [7, 11) is 1.49. The molecule has 0 aromatic heterocycles. The zero-order valence-electron chi connectivity index (χ0n) is 23.4. The van der Waals surface area contributed by atoms with Gasteiger partial charge in [-0.25, -0.2) is 9.59 Å². The maximum Gasteiger partial charge on any atom is 0.336 e. The predicted octanol–water partition coefficient (Wildman–Crippen LogP) is 3.00. The summed E-state index contributed by atoms with van der Waals surface area (Å²) >= 11 is 6.16. The third-order valence-electron chi connectivity index (χ3n) is 6.91. The van der Waals surface area contributed by atoms with Crippen molar-refractivity contribution >= 4 is 41.1 Å². The van der Waals surface area contributed by atoms with Crippen LogP contribution in [-0.4, -0.2) is 71.5 Å². The van der Waals surface area contributed by atoms with Crippen molar-refractivity contribution in [2.75, 3.05) is 26.8 Å². The second-order valence-corrected chi connectivity index (χ2v) is 10.2. The van der Waals surface area contributed by atoms with Crippen LogP contribution in [0, 0.1) is 5.92 Å². The number of amides is 3. The molecule has 13 heteroatoms. The van der Waals surface area contributed by atoms with E-state index in [9.17, 15) is 34.6 Å². The molecule has 0 saturated heterocycles. The molecule has 42 heavy (non-hydrogen) atoms. The van der Waals surface area contributed by atoms with Gasteiger partial charge >= 0.3 is 12.0 Å². The number of hydroxylamine groups is 1. The van der Waals surface area contributed by atoms with Gasteiger partial charge in [-0.1, -0.05) is 37.4 Å². The second-order valence-electron chi connectivity index (χ2n) is 9.81. The van der Waals surface area contributed by atoms with Crippen LogP contribution >= 0.6 is 11.6 Å². The van der Waals surface area contributed by atoms with E-state index in [0.29, 0.717) is 34.7 Å². The average Bonchev–Trinajstić information content (AvgIpc) is 3.13. The fourth-order valence-electron chi connectivity index (χ4n) is 4.76. The number of rotatable bonds is 12. The van der Waals surface area contributed by atoms with E-state index in [1.54, 1.807) is 18.2 Å². The lowest BCUT2D eigenvalue weighted by atomic mass is 9.93. The summed E-state index contributed by atoms with van der Waals surface area (Å²) in [5.41, 5.74) is 2.81. The maximum atomic E-state index is 13.6. The third-order valence-corrected chi connectivity index (χ3v) is 7.14. The Labute approximate surface area is 248 Å². The summed E-state index contributed by atoms with van der Waals surface area (Å²) in [6, 6.07) is 7.79. The number of halogens is 1. The molecule has 1 aliphatic heterocycles. The Morgan fingerprint density at radius 1 is 1.21 bits per heavy atom. The number of aliphatic imine (C=N–C) groups is 1. The number of ketones is 1. The summed E-state index contributed by atoms with van der Waals surface area (Å²) in [5, 5.41) is 33.3. The number of aromatic carboxylic acids is 1. The molecular formula is C29H34ClN4O8-. The molecule has 2 atom stereocenters. The Hall–Kier alpha value is -4.00. The van der Waals surface area contributed by atoms with Gasteiger partial charge in [-0.3, -0.25) is 30.2 Å². The Morgan fingerprint density at radius 3 is 2.62 bits per heavy atom. The topological polar surface area (TPSA) is 181 Å². The highest BCUT2D eigenvalue weighted by Gasteiger charge is 2.34. The van der Waals surface area contributed by atoms with E-state index in [2.05, 4.69) is 10.3 Å². The molecule has 2 aromatic rings. The normalized spacial score (nSPS) is 15.8. The lowest BCUT2D eigenvalue weighted by Gasteiger charge is -2.27. The van der Waals surface area contributed by atoms with Crippen LogP contribution in [0.3, 0.4) is 0 Å².